The molecule has 9 heteroatoms. The van der Waals surface area contributed by atoms with Crippen molar-refractivity contribution in [3.05, 3.63) is 85.1 Å². The predicted molar refractivity (Wildman–Crippen MR) is 141 cm³/mol. The minimum Gasteiger partial charge on any atom is -0.454 e. The van der Waals surface area contributed by atoms with Gasteiger partial charge in [0.15, 0.2) is 11.5 Å². The lowest BCUT2D eigenvalue weighted by Gasteiger charge is -2.32. The molecule has 5 rings (SSSR count). The first-order valence-electron chi connectivity index (χ1n) is 12.6. The summed E-state index contributed by atoms with van der Waals surface area (Å²) in [4.78, 5) is 27.5. The number of nitrogens with zero attached hydrogens (tertiary/aromatic N) is 4. The summed E-state index contributed by atoms with van der Waals surface area (Å²) in [5, 5.41) is 4.08. The zero-order valence-corrected chi connectivity index (χ0v) is 21.9. The molecule has 0 bridgehead atoms. The van der Waals surface area contributed by atoms with Crippen LogP contribution in [-0.4, -0.2) is 45.7 Å². The van der Waals surface area contributed by atoms with Gasteiger partial charge in [-0.2, -0.15) is 5.10 Å². The van der Waals surface area contributed by atoms with E-state index in [0.717, 1.165) is 60.4 Å². The van der Waals surface area contributed by atoms with E-state index in [-0.39, 0.29) is 17.8 Å². The Hall–Kier alpha value is -2.91. The molecule has 1 aromatic heterocycles. The van der Waals surface area contributed by atoms with Crippen LogP contribution in [-0.2, 0) is 19.5 Å². The van der Waals surface area contributed by atoms with Crippen molar-refractivity contribution in [2.45, 2.75) is 45.2 Å². The highest BCUT2D eigenvalue weighted by Gasteiger charge is 2.22. The Kier molecular flexibility index (Phi) is 7.87. The summed E-state index contributed by atoms with van der Waals surface area (Å²) < 4.78 is 14.8. The third kappa shape index (κ3) is 5.90. The van der Waals surface area contributed by atoms with E-state index in [9.17, 15) is 9.59 Å². The molecule has 8 nitrogen and oxygen atoms in total. The van der Waals surface area contributed by atoms with E-state index in [0.29, 0.717) is 19.3 Å². The molecule has 0 aliphatic carbocycles. The molecule has 0 N–H and O–H groups in total. The van der Waals surface area contributed by atoms with Gasteiger partial charge < -0.3 is 14.4 Å². The highest BCUT2D eigenvalue weighted by atomic mass is 79.9. The normalized spacial score (nSPS) is 15.9. The van der Waals surface area contributed by atoms with Gasteiger partial charge in [0.1, 0.15) is 6.20 Å². The van der Waals surface area contributed by atoms with Crippen LogP contribution < -0.4 is 20.7 Å². The van der Waals surface area contributed by atoms with E-state index < -0.39 is 0 Å². The monoisotopic (exact) mass is 554 g/mol. The second-order valence-corrected chi connectivity index (χ2v) is 10.4. The lowest BCUT2D eigenvalue weighted by atomic mass is 9.90. The number of unbranched alkanes of at least 4 members (excludes halogenated alkanes) is 1. The van der Waals surface area contributed by atoms with Crippen LogP contribution in [0.25, 0.3) is 0 Å². The molecule has 0 unspecified atom stereocenters. The number of likely N-dealkylation sites (tertiary alicyclic amines) is 1. The van der Waals surface area contributed by atoms with Gasteiger partial charge in [-0.05, 0) is 80.9 Å². The van der Waals surface area contributed by atoms with Crippen LogP contribution >= 0.6 is 15.9 Å². The second kappa shape index (κ2) is 11.4. The van der Waals surface area contributed by atoms with Crippen LogP contribution in [0.15, 0.2) is 62.7 Å². The number of benzene rings is 2. The number of rotatable bonds is 9. The molecule has 190 valence electrons. The summed E-state index contributed by atoms with van der Waals surface area (Å²) in [5.41, 5.74) is 1.49. The maximum absolute atomic E-state index is 12.8. The van der Waals surface area contributed by atoms with Gasteiger partial charge in [0, 0.05) is 11.0 Å². The summed E-state index contributed by atoms with van der Waals surface area (Å²) in [6, 6.07) is 13.7. The molecule has 3 aromatic rings. The van der Waals surface area contributed by atoms with Crippen LogP contribution in [0.2, 0.25) is 0 Å². The van der Waals surface area contributed by atoms with Crippen LogP contribution in [0.5, 0.6) is 11.5 Å². The van der Waals surface area contributed by atoms with E-state index in [1.54, 1.807) is 0 Å². The number of aryl methyl sites for hydroxylation is 1. The van der Waals surface area contributed by atoms with Crippen molar-refractivity contribution in [2.24, 2.45) is 5.92 Å². The Balaban J connectivity index is 1.07. The van der Waals surface area contributed by atoms with Crippen molar-refractivity contribution in [3.8, 4) is 11.5 Å². The zero-order chi connectivity index (χ0) is 24.9. The minimum absolute atomic E-state index is 0.263. The number of hydrogen-bond acceptors (Lipinski definition) is 6. The van der Waals surface area contributed by atoms with Crippen molar-refractivity contribution < 1.29 is 9.47 Å². The first kappa shape index (κ1) is 24.8. The Morgan fingerprint density at radius 2 is 1.69 bits per heavy atom. The quantitative estimate of drug-likeness (QED) is 0.375. The van der Waals surface area contributed by atoms with Crippen LogP contribution in [0.1, 0.15) is 36.8 Å². The fourth-order valence-corrected chi connectivity index (χ4v) is 5.46. The molecule has 2 aliphatic heterocycles. The fourth-order valence-electron chi connectivity index (χ4n) is 4.97. The number of piperidine rings is 1. The van der Waals surface area contributed by atoms with E-state index in [2.05, 4.69) is 32.0 Å². The first-order chi connectivity index (χ1) is 17.6. The van der Waals surface area contributed by atoms with E-state index in [4.69, 9.17) is 9.47 Å². The van der Waals surface area contributed by atoms with Crippen molar-refractivity contribution in [1.82, 2.24) is 19.2 Å². The van der Waals surface area contributed by atoms with Gasteiger partial charge in [0.2, 0.25) is 6.79 Å². The maximum atomic E-state index is 12.8. The lowest BCUT2D eigenvalue weighted by Crippen LogP contribution is -2.41. The van der Waals surface area contributed by atoms with Gasteiger partial charge in [0.25, 0.3) is 5.56 Å². The molecular weight excluding hydrogens is 524 g/mol. The smallest absolute Gasteiger partial charge is 0.347 e. The van der Waals surface area contributed by atoms with Gasteiger partial charge in [-0.1, -0.05) is 46.3 Å². The fraction of sp³-hybridized carbons (Fsp3) is 0.444. The van der Waals surface area contributed by atoms with E-state index in [1.807, 2.05) is 36.4 Å². The van der Waals surface area contributed by atoms with Crippen LogP contribution in [0, 0.1) is 5.92 Å². The average Bonchev–Trinajstić information content (AvgIpc) is 3.34. The summed E-state index contributed by atoms with van der Waals surface area (Å²) in [5.74, 6) is 2.31. The molecule has 2 aliphatic rings. The number of ether oxygens (including phenoxy) is 2. The molecule has 0 radical (unpaired) electrons. The number of hydrogen-bond donors (Lipinski definition) is 0. The highest BCUT2D eigenvalue weighted by Crippen LogP contribution is 2.38. The highest BCUT2D eigenvalue weighted by molar-refractivity contribution is 9.10. The summed E-state index contributed by atoms with van der Waals surface area (Å²) in [7, 11) is 0. The van der Waals surface area contributed by atoms with Crippen molar-refractivity contribution in [3.63, 3.8) is 0 Å². The van der Waals surface area contributed by atoms with E-state index >= 15 is 0 Å². The molecule has 0 spiro atoms. The number of aromatic nitrogens is 3. The number of halogens is 1. The van der Waals surface area contributed by atoms with Gasteiger partial charge in [0.05, 0.1) is 6.54 Å². The van der Waals surface area contributed by atoms with Crippen molar-refractivity contribution >= 4 is 15.9 Å². The van der Waals surface area contributed by atoms with Crippen molar-refractivity contribution in [2.75, 3.05) is 26.4 Å². The minimum atomic E-state index is -0.365. The average molecular weight is 555 g/mol. The SMILES string of the molecule is O=c1cnn(CCCCN2CCC(Cc3cc4c(cc3Br)OCO4)CC2)c(=O)n1Cc1ccccc1. The second-order valence-electron chi connectivity index (χ2n) is 9.55. The lowest BCUT2D eigenvalue weighted by molar-refractivity contribution is 0.173. The van der Waals surface area contributed by atoms with Crippen LogP contribution in [0.3, 0.4) is 0 Å². The number of fused-ring (bicyclic) bond motifs is 1. The van der Waals surface area contributed by atoms with Gasteiger partial charge in [-0.15, -0.1) is 0 Å². The molecule has 36 heavy (non-hydrogen) atoms. The topological polar surface area (TPSA) is 78.6 Å². The van der Waals surface area contributed by atoms with Crippen molar-refractivity contribution in [1.29, 1.82) is 0 Å². The molecule has 2 aromatic carbocycles. The predicted octanol–water partition coefficient (Wildman–Crippen LogP) is 3.68. The Labute approximate surface area is 218 Å². The van der Waals surface area contributed by atoms with Gasteiger partial charge in [-0.25, -0.2) is 9.48 Å². The first-order valence-corrected chi connectivity index (χ1v) is 13.4. The third-order valence-electron chi connectivity index (χ3n) is 7.06. The molecule has 1 saturated heterocycles. The largest absolute Gasteiger partial charge is 0.454 e. The Bertz CT molecular complexity index is 1300. The molecule has 0 atom stereocenters. The summed E-state index contributed by atoms with van der Waals surface area (Å²) in [6.45, 7) is 4.27. The standard InChI is InChI=1S/C27H31BrN4O4/c28-23-16-25-24(35-19-36-25)15-22(23)14-20-8-12-30(13-9-20)10-4-5-11-32-27(34)31(26(33)17-29-32)18-21-6-2-1-3-7-21/h1-3,6-7,15-17,20H,4-5,8-14,18-19H2. The third-order valence-corrected chi connectivity index (χ3v) is 7.80. The zero-order valence-electron chi connectivity index (χ0n) is 20.3. The van der Waals surface area contributed by atoms with E-state index in [1.165, 1.54) is 33.9 Å². The molecule has 0 amide bonds. The molecule has 0 saturated carbocycles. The summed E-state index contributed by atoms with van der Waals surface area (Å²) in [6.07, 6.45) is 6.47. The molecule has 3 heterocycles. The maximum Gasteiger partial charge on any atom is 0.347 e. The van der Waals surface area contributed by atoms with Gasteiger partial charge >= 0.3 is 5.69 Å². The molecule has 1 fully saturated rings. The Morgan fingerprint density at radius 1 is 0.972 bits per heavy atom. The summed E-state index contributed by atoms with van der Waals surface area (Å²) >= 11 is 3.69. The van der Waals surface area contributed by atoms with Crippen LogP contribution in [0.4, 0.5) is 0 Å². The molecular formula is C27H31BrN4O4. The Morgan fingerprint density at radius 3 is 2.47 bits per heavy atom. The van der Waals surface area contributed by atoms with Gasteiger partial charge in [-0.3, -0.25) is 9.36 Å².